The number of piperazine rings is 1. The fourth-order valence-electron chi connectivity index (χ4n) is 3.08. The molecule has 0 atom stereocenters. The third-order valence-electron chi connectivity index (χ3n) is 4.61. The molecule has 1 saturated heterocycles. The molecule has 1 aromatic carbocycles. The van der Waals surface area contributed by atoms with E-state index in [-0.39, 0.29) is 11.8 Å². The van der Waals surface area contributed by atoms with Gasteiger partial charge < -0.3 is 15.0 Å². The molecule has 0 radical (unpaired) electrons. The van der Waals surface area contributed by atoms with Crippen molar-refractivity contribution < 1.29 is 14.3 Å². The predicted molar refractivity (Wildman–Crippen MR) is 102 cm³/mol. The highest BCUT2D eigenvalue weighted by Gasteiger charge is 2.23. The summed E-state index contributed by atoms with van der Waals surface area (Å²) in [7, 11) is 1.57. The largest absolute Gasteiger partial charge is 0.496 e. The van der Waals surface area contributed by atoms with E-state index in [4.69, 9.17) is 4.74 Å². The third kappa shape index (κ3) is 4.83. The van der Waals surface area contributed by atoms with Crippen LogP contribution >= 0.6 is 0 Å². The van der Waals surface area contributed by atoms with Crippen molar-refractivity contribution >= 4 is 11.8 Å². The molecule has 142 valence electrons. The molecule has 1 aliphatic heterocycles. The molecule has 1 aliphatic rings. The number of rotatable bonds is 6. The van der Waals surface area contributed by atoms with Crippen molar-refractivity contribution in [3.05, 3.63) is 59.9 Å². The highest BCUT2D eigenvalue weighted by Crippen LogP contribution is 2.20. The number of amides is 2. The smallest absolute Gasteiger partial charge is 0.269 e. The Balaban J connectivity index is 1.44. The van der Waals surface area contributed by atoms with E-state index in [1.54, 1.807) is 43.6 Å². The number of benzene rings is 1. The summed E-state index contributed by atoms with van der Waals surface area (Å²) in [5, 5.41) is 2.88. The number of nitrogens with one attached hydrogen (secondary N) is 1. The van der Waals surface area contributed by atoms with Crippen molar-refractivity contribution in [3.63, 3.8) is 0 Å². The van der Waals surface area contributed by atoms with E-state index in [0.29, 0.717) is 36.6 Å². The van der Waals surface area contributed by atoms with E-state index in [0.717, 1.165) is 19.6 Å². The van der Waals surface area contributed by atoms with Crippen LogP contribution in [0.2, 0.25) is 0 Å². The van der Waals surface area contributed by atoms with Gasteiger partial charge in [-0.25, -0.2) is 0 Å². The number of carbonyl (C=O) groups excluding carboxylic acids is 2. The molecule has 1 aromatic heterocycles. The van der Waals surface area contributed by atoms with Gasteiger partial charge in [0.15, 0.2) is 0 Å². The van der Waals surface area contributed by atoms with E-state index in [9.17, 15) is 9.59 Å². The summed E-state index contributed by atoms with van der Waals surface area (Å²) in [6.07, 6.45) is 1.60. The average Bonchev–Trinajstić information content (AvgIpc) is 2.74. The van der Waals surface area contributed by atoms with Gasteiger partial charge in [-0.1, -0.05) is 18.2 Å². The molecule has 7 nitrogen and oxygen atoms in total. The summed E-state index contributed by atoms with van der Waals surface area (Å²) in [6.45, 7) is 4.17. The van der Waals surface area contributed by atoms with Crippen LogP contribution < -0.4 is 10.1 Å². The lowest BCUT2D eigenvalue weighted by atomic mass is 10.1. The molecule has 2 heterocycles. The monoisotopic (exact) mass is 368 g/mol. The second-order valence-corrected chi connectivity index (χ2v) is 6.31. The van der Waals surface area contributed by atoms with Gasteiger partial charge in [-0.15, -0.1) is 0 Å². The Hall–Kier alpha value is -2.93. The van der Waals surface area contributed by atoms with Gasteiger partial charge in [0, 0.05) is 45.5 Å². The van der Waals surface area contributed by atoms with Crippen molar-refractivity contribution in [2.24, 2.45) is 0 Å². The molecular weight excluding hydrogens is 344 g/mol. The summed E-state index contributed by atoms with van der Waals surface area (Å²) in [4.78, 5) is 32.8. The minimum atomic E-state index is -0.166. The van der Waals surface area contributed by atoms with Crippen LogP contribution in [-0.2, 0) is 0 Å². The number of hydrogen-bond acceptors (Lipinski definition) is 5. The van der Waals surface area contributed by atoms with Gasteiger partial charge in [0.05, 0.1) is 12.7 Å². The number of para-hydroxylation sites is 1. The Morgan fingerprint density at radius 2 is 1.81 bits per heavy atom. The molecule has 7 heteroatoms. The minimum Gasteiger partial charge on any atom is -0.496 e. The molecule has 0 bridgehead atoms. The topological polar surface area (TPSA) is 74.8 Å². The fourth-order valence-corrected chi connectivity index (χ4v) is 3.08. The average molecular weight is 368 g/mol. The van der Waals surface area contributed by atoms with Crippen molar-refractivity contribution in [1.29, 1.82) is 0 Å². The highest BCUT2D eigenvalue weighted by atomic mass is 16.5. The molecule has 27 heavy (non-hydrogen) atoms. The molecule has 2 amide bonds. The standard InChI is InChI=1S/C20H24N4O3/c1-27-18-8-3-2-6-16(18)20(26)24-14-12-23(13-15-24)11-10-22-19(25)17-7-4-5-9-21-17/h2-9H,10-15H2,1H3,(H,22,25). The fraction of sp³-hybridized carbons (Fsp3) is 0.350. The maximum Gasteiger partial charge on any atom is 0.269 e. The first-order valence-electron chi connectivity index (χ1n) is 9.03. The summed E-state index contributed by atoms with van der Waals surface area (Å²) in [5.41, 5.74) is 1.01. The number of aromatic nitrogens is 1. The molecule has 0 unspecified atom stereocenters. The normalized spacial score (nSPS) is 14.6. The number of ether oxygens (including phenoxy) is 1. The van der Waals surface area contributed by atoms with Gasteiger partial charge in [-0.3, -0.25) is 19.5 Å². The van der Waals surface area contributed by atoms with Crippen LogP contribution in [0.4, 0.5) is 0 Å². The van der Waals surface area contributed by atoms with Gasteiger partial charge in [-0.2, -0.15) is 0 Å². The Morgan fingerprint density at radius 3 is 2.52 bits per heavy atom. The van der Waals surface area contributed by atoms with E-state index in [1.807, 2.05) is 17.0 Å². The Bertz CT molecular complexity index is 774. The molecule has 3 rings (SSSR count). The molecular formula is C20H24N4O3. The van der Waals surface area contributed by atoms with Crippen LogP contribution in [0.25, 0.3) is 0 Å². The zero-order valence-corrected chi connectivity index (χ0v) is 15.4. The van der Waals surface area contributed by atoms with Crippen LogP contribution in [-0.4, -0.2) is 73.0 Å². The zero-order valence-electron chi connectivity index (χ0n) is 15.4. The van der Waals surface area contributed by atoms with Crippen LogP contribution in [0.3, 0.4) is 0 Å². The third-order valence-corrected chi connectivity index (χ3v) is 4.61. The molecule has 2 aromatic rings. The lowest BCUT2D eigenvalue weighted by molar-refractivity contribution is 0.0635. The van der Waals surface area contributed by atoms with Crippen LogP contribution in [0.15, 0.2) is 48.7 Å². The quantitative estimate of drug-likeness (QED) is 0.831. The first kappa shape index (κ1) is 18.8. The van der Waals surface area contributed by atoms with E-state index < -0.39 is 0 Å². The number of carbonyl (C=O) groups is 2. The second kappa shape index (κ2) is 9.14. The lowest BCUT2D eigenvalue weighted by Crippen LogP contribution is -2.50. The maximum atomic E-state index is 12.7. The van der Waals surface area contributed by atoms with Crippen LogP contribution in [0.5, 0.6) is 5.75 Å². The Kier molecular flexibility index (Phi) is 6.38. The first-order chi connectivity index (χ1) is 13.2. The van der Waals surface area contributed by atoms with Crippen molar-refractivity contribution in [2.75, 3.05) is 46.4 Å². The van der Waals surface area contributed by atoms with E-state index in [1.165, 1.54) is 0 Å². The van der Waals surface area contributed by atoms with Gasteiger partial charge >= 0.3 is 0 Å². The van der Waals surface area contributed by atoms with E-state index >= 15 is 0 Å². The molecule has 0 spiro atoms. The molecule has 0 saturated carbocycles. The van der Waals surface area contributed by atoms with Crippen molar-refractivity contribution in [3.8, 4) is 5.75 Å². The van der Waals surface area contributed by atoms with Gasteiger partial charge in [0.1, 0.15) is 11.4 Å². The second-order valence-electron chi connectivity index (χ2n) is 6.31. The molecule has 1 N–H and O–H groups in total. The Morgan fingerprint density at radius 1 is 1.07 bits per heavy atom. The molecule has 0 aliphatic carbocycles. The summed E-state index contributed by atoms with van der Waals surface area (Å²) >= 11 is 0. The van der Waals surface area contributed by atoms with Crippen LogP contribution in [0, 0.1) is 0 Å². The Labute approximate surface area is 158 Å². The van der Waals surface area contributed by atoms with Gasteiger partial charge in [-0.05, 0) is 24.3 Å². The zero-order chi connectivity index (χ0) is 19.1. The van der Waals surface area contributed by atoms with E-state index in [2.05, 4.69) is 15.2 Å². The number of hydrogen-bond donors (Lipinski definition) is 1. The summed E-state index contributed by atoms with van der Waals surface area (Å²) in [6, 6.07) is 12.6. The van der Waals surface area contributed by atoms with Crippen LogP contribution in [0.1, 0.15) is 20.8 Å². The van der Waals surface area contributed by atoms with Gasteiger partial charge in [0.25, 0.3) is 11.8 Å². The maximum absolute atomic E-state index is 12.7. The number of pyridine rings is 1. The van der Waals surface area contributed by atoms with Crippen molar-refractivity contribution in [2.45, 2.75) is 0 Å². The highest BCUT2D eigenvalue weighted by molar-refractivity contribution is 5.97. The number of nitrogens with zero attached hydrogens (tertiary/aromatic N) is 3. The SMILES string of the molecule is COc1ccccc1C(=O)N1CCN(CCNC(=O)c2ccccn2)CC1. The van der Waals surface area contributed by atoms with Crippen molar-refractivity contribution in [1.82, 2.24) is 20.1 Å². The summed E-state index contributed by atoms with van der Waals surface area (Å²) in [5.74, 6) is 0.429. The number of methoxy groups -OCH3 is 1. The summed E-state index contributed by atoms with van der Waals surface area (Å²) < 4.78 is 5.29. The minimum absolute atomic E-state index is 0.00412. The predicted octanol–water partition coefficient (Wildman–Crippen LogP) is 1.28. The first-order valence-corrected chi connectivity index (χ1v) is 9.03. The van der Waals surface area contributed by atoms with Gasteiger partial charge in [0.2, 0.25) is 0 Å². The molecule has 1 fully saturated rings. The lowest BCUT2D eigenvalue weighted by Gasteiger charge is -2.35.